The highest BCUT2D eigenvalue weighted by molar-refractivity contribution is 5.97. The van der Waals surface area contributed by atoms with Crippen LogP contribution in [0.5, 0.6) is 5.75 Å². The molecule has 0 radical (unpaired) electrons. The van der Waals surface area contributed by atoms with Crippen LogP contribution in [-0.2, 0) is 16.0 Å². The highest BCUT2D eigenvalue weighted by atomic mass is 16.5. The first-order chi connectivity index (χ1) is 16.5. The molecule has 1 heterocycles. The lowest BCUT2D eigenvalue weighted by Crippen LogP contribution is -2.54. The number of ether oxygens (including phenoxy) is 1. The molecule has 0 saturated carbocycles. The number of nitrogens with one attached hydrogen (secondary N) is 2. The number of hydrogen-bond donors (Lipinski definition) is 2. The van der Waals surface area contributed by atoms with Crippen LogP contribution >= 0.6 is 0 Å². The summed E-state index contributed by atoms with van der Waals surface area (Å²) in [6.45, 7) is 3.73. The molecule has 0 spiro atoms. The SMILES string of the molecule is CCCNC(=O)[C@H](NC(=O)c1ccc(OC)cc1)C1CCN(C(=O)CCc2ccccc2)CC1. The fourth-order valence-corrected chi connectivity index (χ4v) is 4.26. The average Bonchev–Trinajstić information content (AvgIpc) is 2.89. The standard InChI is InChI=1S/C27H35N3O4/c1-3-17-28-27(33)25(29-26(32)22-10-12-23(34-2)13-11-22)21-15-18-30(19-16-21)24(31)14-9-20-7-5-4-6-8-20/h4-8,10-13,21,25H,3,9,14-19H2,1-2H3,(H,28,33)(H,29,32)/t25-/m1/s1. The van der Waals surface area contributed by atoms with Gasteiger partial charge in [-0.1, -0.05) is 37.3 Å². The van der Waals surface area contributed by atoms with Crippen molar-refractivity contribution >= 4 is 17.7 Å². The van der Waals surface area contributed by atoms with E-state index in [4.69, 9.17) is 4.74 Å². The number of likely N-dealkylation sites (tertiary alicyclic amines) is 1. The van der Waals surface area contributed by atoms with E-state index < -0.39 is 6.04 Å². The molecule has 2 aromatic rings. The molecule has 34 heavy (non-hydrogen) atoms. The molecular weight excluding hydrogens is 430 g/mol. The molecule has 0 bridgehead atoms. The molecule has 3 rings (SSSR count). The van der Waals surface area contributed by atoms with E-state index >= 15 is 0 Å². The number of amides is 3. The summed E-state index contributed by atoms with van der Waals surface area (Å²) >= 11 is 0. The van der Waals surface area contributed by atoms with Gasteiger partial charge in [0.05, 0.1) is 7.11 Å². The van der Waals surface area contributed by atoms with Crippen LogP contribution in [0.25, 0.3) is 0 Å². The summed E-state index contributed by atoms with van der Waals surface area (Å²) in [5.74, 6) is 0.310. The van der Waals surface area contributed by atoms with Gasteiger partial charge in [0.2, 0.25) is 11.8 Å². The Morgan fingerprint density at radius 3 is 2.32 bits per heavy atom. The lowest BCUT2D eigenvalue weighted by molar-refractivity contribution is -0.133. The Hall–Kier alpha value is -3.35. The van der Waals surface area contributed by atoms with Gasteiger partial charge in [-0.25, -0.2) is 0 Å². The molecule has 1 aliphatic rings. The zero-order chi connectivity index (χ0) is 24.3. The molecule has 1 fully saturated rings. The van der Waals surface area contributed by atoms with Crippen molar-refractivity contribution in [2.45, 2.75) is 45.1 Å². The van der Waals surface area contributed by atoms with Gasteiger partial charge in [-0.05, 0) is 61.4 Å². The maximum atomic E-state index is 12.9. The van der Waals surface area contributed by atoms with Gasteiger partial charge in [0.25, 0.3) is 5.91 Å². The lowest BCUT2D eigenvalue weighted by Gasteiger charge is -2.36. The number of piperidine rings is 1. The molecule has 1 atom stereocenters. The number of carbonyl (C=O) groups is 3. The van der Waals surface area contributed by atoms with Gasteiger partial charge in [0, 0.05) is 31.6 Å². The minimum absolute atomic E-state index is 0.0303. The second-order valence-corrected chi connectivity index (χ2v) is 8.67. The number of rotatable bonds is 10. The average molecular weight is 466 g/mol. The Morgan fingerprint density at radius 2 is 1.71 bits per heavy atom. The van der Waals surface area contributed by atoms with Crippen molar-refractivity contribution in [1.29, 1.82) is 0 Å². The van der Waals surface area contributed by atoms with E-state index in [0.29, 0.717) is 50.2 Å². The van der Waals surface area contributed by atoms with E-state index in [1.807, 2.05) is 42.2 Å². The van der Waals surface area contributed by atoms with Gasteiger partial charge < -0.3 is 20.3 Å². The van der Waals surface area contributed by atoms with Crippen LogP contribution < -0.4 is 15.4 Å². The minimum atomic E-state index is -0.636. The third-order valence-corrected chi connectivity index (χ3v) is 6.30. The normalized spacial score (nSPS) is 14.8. The van der Waals surface area contributed by atoms with Crippen molar-refractivity contribution in [3.8, 4) is 5.75 Å². The van der Waals surface area contributed by atoms with Crippen molar-refractivity contribution in [3.05, 3.63) is 65.7 Å². The minimum Gasteiger partial charge on any atom is -0.497 e. The first kappa shape index (κ1) is 25.3. The highest BCUT2D eigenvalue weighted by Crippen LogP contribution is 2.23. The Labute approximate surface area is 201 Å². The maximum Gasteiger partial charge on any atom is 0.251 e. The quantitative estimate of drug-likeness (QED) is 0.564. The molecule has 182 valence electrons. The molecule has 7 nitrogen and oxygen atoms in total. The number of hydrogen-bond acceptors (Lipinski definition) is 4. The smallest absolute Gasteiger partial charge is 0.251 e. The van der Waals surface area contributed by atoms with Crippen LogP contribution in [0.4, 0.5) is 0 Å². The van der Waals surface area contributed by atoms with Crippen LogP contribution in [0.2, 0.25) is 0 Å². The molecule has 7 heteroatoms. The van der Waals surface area contributed by atoms with Gasteiger partial charge in [-0.2, -0.15) is 0 Å². The summed E-state index contributed by atoms with van der Waals surface area (Å²) in [7, 11) is 1.57. The van der Waals surface area contributed by atoms with E-state index in [-0.39, 0.29) is 23.6 Å². The third-order valence-electron chi connectivity index (χ3n) is 6.30. The van der Waals surface area contributed by atoms with Gasteiger partial charge in [0.1, 0.15) is 11.8 Å². The number of aryl methyl sites for hydroxylation is 1. The molecule has 2 aromatic carbocycles. The fourth-order valence-electron chi connectivity index (χ4n) is 4.26. The molecule has 0 aromatic heterocycles. The van der Waals surface area contributed by atoms with Crippen LogP contribution in [0.1, 0.15) is 48.5 Å². The first-order valence-electron chi connectivity index (χ1n) is 12.1. The number of carbonyl (C=O) groups excluding carboxylic acids is 3. The first-order valence-corrected chi connectivity index (χ1v) is 12.1. The molecule has 0 aliphatic carbocycles. The van der Waals surface area contributed by atoms with Crippen molar-refractivity contribution in [3.63, 3.8) is 0 Å². The van der Waals surface area contributed by atoms with Crippen LogP contribution in [0.15, 0.2) is 54.6 Å². The Balaban J connectivity index is 1.58. The van der Waals surface area contributed by atoms with Gasteiger partial charge >= 0.3 is 0 Å². The molecule has 1 aliphatic heterocycles. The van der Waals surface area contributed by atoms with Crippen LogP contribution in [-0.4, -0.2) is 55.4 Å². The molecule has 0 unspecified atom stereocenters. The van der Waals surface area contributed by atoms with E-state index in [0.717, 1.165) is 18.4 Å². The molecule has 3 amide bonds. The zero-order valence-electron chi connectivity index (χ0n) is 20.1. The fraction of sp³-hybridized carbons (Fsp3) is 0.444. The van der Waals surface area contributed by atoms with E-state index in [1.165, 1.54) is 0 Å². The third kappa shape index (κ3) is 7.07. The molecule has 2 N–H and O–H groups in total. The predicted octanol–water partition coefficient (Wildman–Crippen LogP) is 3.19. The zero-order valence-corrected chi connectivity index (χ0v) is 20.1. The van der Waals surface area contributed by atoms with Gasteiger partial charge in [-0.15, -0.1) is 0 Å². The second kappa shape index (κ2) is 12.8. The Kier molecular flexibility index (Phi) is 9.50. The van der Waals surface area contributed by atoms with E-state index in [2.05, 4.69) is 10.6 Å². The summed E-state index contributed by atoms with van der Waals surface area (Å²) in [6.07, 6.45) is 3.36. The number of nitrogens with zero attached hydrogens (tertiary/aromatic N) is 1. The number of benzene rings is 2. The van der Waals surface area contributed by atoms with E-state index in [9.17, 15) is 14.4 Å². The summed E-state index contributed by atoms with van der Waals surface area (Å²) in [5.41, 5.74) is 1.63. The van der Waals surface area contributed by atoms with E-state index in [1.54, 1.807) is 31.4 Å². The second-order valence-electron chi connectivity index (χ2n) is 8.67. The summed E-state index contributed by atoms with van der Waals surface area (Å²) < 4.78 is 5.15. The Bertz CT molecular complexity index is 938. The summed E-state index contributed by atoms with van der Waals surface area (Å²) in [5, 5.41) is 5.87. The van der Waals surface area contributed by atoms with Gasteiger partial charge in [-0.3, -0.25) is 14.4 Å². The maximum absolute atomic E-state index is 12.9. The van der Waals surface area contributed by atoms with Crippen LogP contribution in [0.3, 0.4) is 0 Å². The highest BCUT2D eigenvalue weighted by Gasteiger charge is 2.33. The summed E-state index contributed by atoms with van der Waals surface area (Å²) in [4.78, 5) is 40.4. The number of methoxy groups -OCH3 is 1. The lowest BCUT2D eigenvalue weighted by atomic mass is 9.88. The van der Waals surface area contributed by atoms with Crippen molar-refractivity contribution in [2.24, 2.45) is 5.92 Å². The van der Waals surface area contributed by atoms with Gasteiger partial charge in [0.15, 0.2) is 0 Å². The topological polar surface area (TPSA) is 87.7 Å². The largest absolute Gasteiger partial charge is 0.497 e. The Morgan fingerprint density at radius 1 is 1.03 bits per heavy atom. The van der Waals surface area contributed by atoms with Crippen molar-refractivity contribution in [1.82, 2.24) is 15.5 Å². The van der Waals surface area contributed by atoms with Crippen molar-refractivity contribution in [2.75, 3.05) is 26.7 Å². The molecular formula is C27H35N3O4. The molecule has 1 saturated heterocycles. The van der Waals surface area contributed by atoms with Crippen molar-refractivity contribution < 1.29 is 19.1 Å². The van der Waals surface area contributed by atoms with Crippen LogP contribution in [0, 0.1) is 5.92 Å². The monoisotopic (exact) mass is 465 g/mol. The summed E-state index contributed by atoms with van der Waals surface area (Å²) in [6, 6.07) is 16.2. The predicted molar refractivity (Wildman–Crippen MR) is 132 cm³/mol.